The molecule has 7 heteroatoms. The van der Waals surface area contributed by atoms with Gasteiger partial charge < -0.3 is 25.6 Å². The van der Waals surface area contributed by atoms with Crippen LogP contribution < -0.4 is 25.6 Å². The summed E-state index contributed by atoms with van der Waals surface area (Å²) in [5.74, 6) is 0.388. The first-order valence-corrected chi connectivity index (χ1v) is 9.31. The van der Waals surface area contributed by atoms with E-state index < -0.39 is 0 Å². The maximum absolute atomic E-state index is 13.2. The summed E-state index contributed by atoms with van der Waals surface area (Å²) in [6, 6.07) is 15.0. The SMILES string of the molecule is COc1ccccc1NC(=O)C1=C(C)NC(=S)N[C@H]1c1ccc(N(C)C)cc1. The molecule has 2 aromatic carbocycles. The number of hydrogen-bond donors (Lipinski definition) is 3. The fourth-order valence-corrected chi connectivity index (χ4v) is 3.42. The van der Waals surface area contributed by atoms with E-state index in [9.17, 15) is 4.79 Å². The Morgan fingerprint density at radius 2 is 1.82 bits per heavy atom. The van der Waals surface area contributed by atoms with Crippen molar-refractivity contribution in [3.05, 3.63) is 65.4 Å². The van der Waals surface area contributed by atoms with Crippen molar-refractivity contribution in [3.8, 4) is 5.75 Å². The van der Waals surface area contributed by atoms with E-state index in [1.165, 1.54) is 0 Å². The lowest BCUT2D eigenvalue weighted by Gasteiger charge is -2.30. The molecule has 0 unspecified atom stereocenters. The molecular weight excluding hydrogens is 372 g/mol. The quantitative estimate of drug-likeness (QED) is 0.675. The summed E-state index contributed by atoms with van der Waals surface area (Å²) in [5, 5.41) is 9.71. The zero-order valence-electron chi connectivity index (χ0n) is 16.4. The van der Waals surface area contributed by atoms with Crippen LogP contribution in [0.5, 0.6) is 5.75 Å². The third kappa shape index (κ3) is 4.09. The number of nitrogens with zero attached hydrogens (tertiary/aromatic N) is 1. The van der Waals surface area contributed by atoms with Crippen LogP contribution >= 0.6 is 12.2 Å². The third-order valence-electron chi connectivity index (χ3n) is 4.61. The highest BCUT2D eigenvalue weighted by Gasteiger charge is 2.30. The van der Waals surface area contributed by atoms with E-state index >= 15 is 0 Å². The Hall–Kier alpha value is -3.06. The monoisotopic (exact) mass is 396 g/mol. The molecule has 1 aliphatic heterocycles. The Labute approximate surface area is 170 Å². The van der Waals surface area contributed by atoms with Gasteiger partial charge in [-0.2, -0.15) is 0 Å². The Kier molecular flexibility index (Phi) is 5.84. The molecule has 6 nitrogen and oxygen atoms in total. The Bertz CT molecular complexity index is 922. The van der Waals surface area contributed by atoms with Crippen LogP contribution in [0.4, 0.5) is 11.4 Å². The first-order valence-electron chi connectivity index (χ1n) is 8.90. The molecule has 1 atom stereocenters. The molecule has 0 aliphatic carbocycles. The molecule has 146 valence electrons. The third-order valence-corrected chi connectivity index (χ3v) is 4.83. The van der Waals surface area contributed by atoms with Crippen LogP contribution in [0.2, 0.25) is 0 Å². The van der Waals surface area contributed by atoms with E-state index in [0.717, 1.165) is 16.9 Å². The van der Waals surface area contributed by atoms with Gasteiger partial charge >= 0.3 is 0 Å². The van der Waals surface area contributed by atoms with Gasteiger partial charge in [0.15, 0.2) is 5.11 Å². The Balaban J connectivity index is 1.94. The molecule has 0 radical (unpaired) electrons. The molecule has 0 saturated heterocycles. The minimum absolute atomic E-state index is 0.216. The molecule has 2 aromatic rings. The normalized spacial score (nSPS) is 16.1. The molecule has 1 heterocycles. The summed E-state index contributed by atoms with van der Waals surface area (Å²) in [6.45, 7) is 1.85. The number of ether oxygens (including phenoxy) is 1. The van der Waals surface area contributed by atoms with Crippen LogP contribution in [0.25, 0.3) is 0 Å². The van der Waals surface area contributed by atoms with Crippen molar-refractivity contribution in [1.82, 2.24) is 10.6 Å². The van der Waals surface area contributed by atoms with Gasteiger partial charge in [-0.3, -0.25) is 4.79 Å². The van der Waals surface area contributed by atoms with Crippen molar-refractivity contribution in [3.63, 3.8) is 0 Å². The van der Waals surface area contributed by atoms with Crippen molar-refractivity contribution < 1.29 is 9.53 Å². The number of thiocarbonyl (C=S) groups is 1. The van der Waals surface area contributed by atoms with Crippen LogP contribution in [0, 0.1) is 0 Å². The maximum Gasteiger partial charge on any atom is 0.255 e. The second kappa shape index (κ2) is 8.31. The number of carbonyl (C=O) groups excluding carboxylic acids is 1. The van der Waals surface area contributed by atoms with Gasteiger partial charge in [-0.25, -0.2) is 0 Å². The van der Waals surface area contributed by atoms with Gasteiger partial charge in [-0.05, 0) is 49.0 Å². The van der Waals surface area contributed by atoms with Crippen molar-refractivity contribution in [2.45, 2.75) is 13.0 Å². The molecule has 1 amide bonds. The van der Waals surface area contributed by atoms with Gasteiger partial charge in [0.2, 0.25) is 0 Å². The molecule has 3 rings (SSSR count). The zero-order chi connectivity index (χ0) is 20.3. The minimum Gasteiger partial charge on any atom is -0.495 e. The van der Waals surface area contributed by atoms with Gasteiger partial charge in [-0.1, -0.05) is 24.3 Å². The molecular formula is C21H24N4O2S. The molecule has 3 N–H and O–H groups in total. The summed E-state index contributed by atoms with van der Waals surface area (Å²) < 4.78 is 5.34. The molecule has 28 heavy (non-hydrogen) atoms. The lowest BCUT2D eigenvalue weighted by atomic mass is 9.94. The fraction of sp³-hybridized carbons (Fsp3) is 0.238. The number of para-hydroxylation sites is 2. The number of methoxy groups -OCH3 is 1. The number of benzene rings is 2. The number of amides is 1. The van der Waals surface area contributed by atoms with Crippen LogP contribution in [-0.2, 0) is 4.79 Å². The number of nitrogens with one attached hydrogen (secondary N) is 3. The summed E-state index contributed by atoms with van der Waals surface area (Å²) >= 11 is 5.32. The predicted octanol–water partition coefficient (Wildman–Crippen LogP) is 3.19. The second-order valence-electron chi connectivity index (χ2n) is 6.71. The number of anilines is 2. The number of allylic oxidation sites excluding steroid dienone is 1. The topological polar surface area (TPSA) is 65.6 Å². The summed E-state index contributed by atoms with van der Waals surface area (Å²) in [4.78, 5) is 15.2. The molecule has 0 aromatic heterocycles. The standard InChI is InChI=1S/C21H24N4O2S/c1-13-18(20(26)23-16-7-5-6-8-17(16)27-4)19(24-21(28)22-13)14-9-11-15(12-10-14)25(2)3/h5-12,19H,1-4H3,(H,23,26)(H2,22,24,28)/t19-/m0/s1. The minimum atomic E-state index is -0.348. The smallest absolute Gasteiger partial charge is 0.255 e. The van der Waals surface area contributed by atoms with E-state index in [0.29, 0.717) is 22.1 Å². The van der Waals surface area contributed by atoms with Crippen LogP contribution in [-0.4, -0.2) is 32.2 Å². The molecule has 0 bridgehead atoms. The van der Waals surface area contributed by atoms with Gasteiger partial charge in [0.25, 0.3) is 5.91 Å². The summed E-state index contributed by atoms with van der Waals surface area (Å²) in [5.41, 5.74) is 3.96. The Morgan fingerprint density at radius 3 is 2.46 bits per heavy atom. The molecule has 0 spiro atoms. The van der Waals surface area contributed by atoms with E-state index in [1.807, 2.05) is 68.4 Å². The molecule has 0 saturated carbocycles. The maximum atomic E-state index is 13.2. The van der Waals surface area contributed by atoms with Crippen molar-refractivity contribution in [2.24, 2.45) is 0 Å². The van der Waals surface area contributed by atoms with Crippen LogP contribution in [0.15, 0.2) is 59.8 Å². The lowest BCUT2D eigenvalue weighted by Crippen LogP contribution is -2.45. The second-order valence-corrected chi connectivity index (χ2v) is 7.12. The van der Waals surface area contributed by atoms with Gasteiger partial charge in [0.1, 0.15) is 5.75 Å². The zero-order valence-corrected chi connectivity index (χ0v) is 17.2. The first kappa shape index (κ1) is 19.7. The van der Waals surface area contributed by atoms with E-state index in [4.69, 9.17) is 17.0 Å². The number of rotatable bonds is 5. The summed E-state index contributed by atoms with van der Waals surface area (Å²) in [6.07, 6.45) is 0. The average molecular weight is 397 g/mol. The van der Waals surface area contributed by atoms with Crippen molar-refractivity contribution in [2.75, 3.05) is 31.4 Å². The van der Waals surface area contributed by atoms with Gasteiger partial charge in [0.05, 0.1) is 24.4 Å². The van der Waals surface area contributed by atoms with Crippen LogP contribution in [0.1, 0.15) is 18.5 Å². The lowest BCUT2D eigenvalue weighted by molar-refractivity contribution is -0.113. The van der Waals surface area contributed by atoms with Crippen LogP contribution in [0.3, 0.4) is 0 Å². The first-order chi connectivity index (χ1) is 13.4. The van der Waals surface area contributed by atoms with Crippen molar-refractivity contribution in [1.29, 1.82) is 0 Å². The summed E-state index contributed by atoms with van der Waals surface area (Å²) in [7, 11) is 5.55. The van der Waals surface area contributed by atoms with Gasteiger partial charge in [-0.15, -0.1) is 0 Å². The average Bonchev–Trinajstić information content (AvgIpc) is 2.67. The van der Waals surface area contributed by atoms with Gasteiger partial charge in [0, 0.05) is 25.5 Å². The van der Waals surface area contributed by atoms with Crippen molar-refractivity contribution >= 4 is 34.6 Å². The highest BCUT2D eigenvalue weighted by Crippen LogP contribution is 2.30. The number of hydrogen-bond acceptors (Lipinski definition) is 4. The molecule has 0 fully saturated rings. The fourth-order valence-electron chi connectivity index (χ4n) is 3.15. The van der Waals surface area contributed by atoms with E-state index in [-0.39, 0.29) is 11.9 Å². The Morgan fingerprint density at radius 1 is 1.14 bits per heavy atom. The highest BCUT2D eigenvalue weighted by molar-refractivity contribution is 7.80. The highest BCUT2D eigenvalue weighted by atomic mass is 32.1. The van der Waals surface area contributed by atoms with E-state index in [2.05, 4.69) is 16.0 Å². The largest absolute Gasteiger partial charge is 0.495 e. The molecule has 1 aliphatic rings. The van der Waals surface area contributed by atoms with E-state index in [1.54, 1.807) is 13.2 Å². The number of carbonyl (C=O) groups is 1. The predicted molar refractivity (Wildman–Crippen MR) is 117 cm³/mol.